The molecule has 1 aliphatic heterocycles. The van der Waals surface area contributed by atoms with E-state index in [-0.39, 0.29) is 11.4 Å². The lowest BCUT2D eigenvalue weighted by Crippen LogP contribution is -2.31. The highest BCUT2D eigenvalue weighted by atomic mass is 16.5. The van der Waals surface area contributed by atoms with Crippen LogP contribution in [0.4, 0.5) is 0 Å². The van der Waals surface area contributed by atoms with Crippen LogP contribution in [0.1, 0.15) is 138 Å². The Morgan fingerprint density at radius 2 is 1.09 bits per heavy atom. The molecule has 1 aliphatic rings. The van der Waals surface area contributed by atoms with Gasteiger partial charge in [0.2, 0.25) is 0 Å². The van der Waals surface area contributed by atoms with E-state index in [1.165, 1.54) is 46.3 Å². The third-order valence-electron chi connectivity index (χ3n) is 8.62. The van der Waals surface area contributed by atoms with E-state index in [4.69, 9.17) is 9.47 Å². The van der Waals surface area contributed by atoms with Crippen LogP contribution >= 0.6 is 0 Å². The number of allylic oxidation sites excluding steroid dienone is 12. The van der Waals surface area contributed by atoms with Crippen molar-refractivity contribution in [1.29, 1.82) is 0 Å². The fourth-order valence-corrected chi connectivity index (χ4v) is 5.52. The standard InChI is InChI=1S/C42H62O3/c1-32(2)16-10-17-33(3)18-11-19-34(4)20-12-21-35(5)22-13-23-36(6)24-14-25-37(7)26-15-28-42(8)29-27-38-30-39(43)41(44-9)31-40(38)45-42/h16,18,20,22,24,26-27,29-31,43H,10-15,17,19,21,23,25,28H2,1-9H3/b33-18+,34-20+,35-22+,36-24+,37-26+/t42-/m1/s1. The zero-order chi connectivity index (χ0) is 33.2. The molecule has 248 valence electrons. The minimum absolute atomic E-state index is 0.132. The summed E-state index contributed by atoms with van der Waals surface area (Å²) in [6.07, 6.45) is 31.8. The maximum Gasteiger partial charge on any atom is 0.164 e. The first kappa shape index (κ1) is 38.0. The molecular weight excluding hydrogens is 552 g/mol. The van der Waals surface area contributed by atoms with E-state index in [1.807, 2.05) is 6.08 Å². The number of phenols is 1. The highest BCUT2D eigenvalue weighted by Crippen LogP contribution is 2.40. The summed E-state index contributed by atoms with van der Waals surface area (Å²) in [5.74, 6) is 1.32. The minimum Gasteiger partial charge on any atom is -0.504 e. The zero-order valence-corrected chi connectivity index (χ0v) is 30.0. The van der Waals surface area contributed by atoms with Crippen LogP contribution in [-0.4, -0.2) is 17.8 Å². The van der Waals surface area contributed by atoms with Gasteiger partial charge in [-0.15, -0.1) is 0 Å². The average molecular weight is 615 g/mol. The van der Waals surface area contributed by atoms with Gasteiger partial charge in [0.05, 0.1) is 7.11 Å². The molecule has 1 aromatic rings. The number of hydrogen-bond donors (Lipinski definition) is 1. The van der Waals surface area contributed by atoms with Crippen LogP contribution in [-0.2, 0) is 0 Å². The zero-order valence-electron chi connectivity index (χ0n) is 30.0. The number of aromatic hydroxyl groups is 1. The molecule has 3 nitrogen and oxygen atoms in total. The Labute approximate surface area is 276 Å². The second-order valence-corrected chi connectivity index (χ2v) is 13.6. The normalized spacial score (nSPS) is 17.7. The van der Waals surface area contributed by atoms with Crippen molar-refractivity contribution in [2.75, 3.05) is 7.11 Å². The maximum atomic E-state index is 10.0. The van der Waals surface area contributed by atoms with Crippen molar-refractivity contribution in [3.05, 3.63) is 93.7 Å². The molecule has 0 radical (unpaired) electrons. The van der Waals surface area contributed by atoms with E-state index in [2.05, 4.69) is 97.9 Å². The topological polar surface area (TPSA) is 38.7 Å². The fourth-order valence-electron chi connectivity index (χ4n) is 5.52. The van der Waals surface area contributed by atoms with Crippen LogP contribution in [0.5, 0.6) is 17.2 Å². The second-order valence-electron chi connectivity index (χ2n) is 13.6. The van der Waals surface area contributed by atoms with Crippen LogP contribution in [0.15, 0.2) is 88.1 Å². The van der Waals surface area contributed by atoms with Gasteiger partial charge in [0.1, 0.15) is 11.4 Å². The summed E-state index contributed by atoms with van der Waals surface area (Å²) in [7, 11) is 1.56. The number of rotatable bonds is 19. The van der Waals surface area contributed by atoms with Gasteiger partial charge in [-0.1, -0.05) is 76.0 Å². The predicted molar refractivity (Wildman–Crippen MR) is 196 cm³/mol. The molecular formula is C42H62O3. The summed E-state index contributed by atoms with van der Waals surface area (Å²) in [6, 6.07) is 3.46. The van der Waals surface area contributed by atoms with Crippen LogP contribution < -0.4 is 9.47 Å². The first-order valence-corrected chi connectivity index (χ1v) is 17.1. The molecule has 1 atom stereocenters. The molecule has 0 fully saturated rings. The monoisotopic (exact) mass is 614 g/mol. The van der Waals surface area contributed by atoms with Crippen molar-refractivity contribution in [3.63, 3.8) is 0 Å². The van der Waals surface area contributed by atoms with Gasteiger partial charge in [-0.3, -0.25) is 0 Å². The molecule has 0 saturated heterocycles. The van der Waals surface area contributed by atoms with E-state index >= 15 is 0 Å². The fraction of sp³-hybridized carbons (Fsp3) is 0.524. The number of hydrogen-bond acceptors (Lipinski definition) is 3. The lowest BCUT2D eigenvalue weighted by molar-refractivity contribution is 0.128. The van der Waals surface area contributed by atoms with Crippen LogP contribution in [0, 0.1) is 0 Å². The molecule has 0 unspecified atom stereocenters. The van der Waals surface area contributed by atoms with E-state index in [0.717, 1.165) is 75.5 Å². The summed E-state index contributed by atoms with van der Waals surface area (Å²) in [5.41, 5.74) is 9.37. The van der Waals surface area contributed by atoms with Gasteiger partial charge in [-0.05, 0) is 145 Å². The average Bonchev–Trinajstić information content (AvgIpc) is 2.97. The van der Waals surface area contributed by atoms with Gasteiger partial charge in [0, 0.05) is 11.6 Å². The third kappa shape index (κ3) is 15.6. The van der Waals surface area contributed by atoms with Gasteiger partial charge in [0.25, 0.3) is 0 Å². The molecule has 2 rings (SSSR count). The van der Waals surface area contributed by atoms with Crippen molar-refractivity contribution >= 4 is 6.08 Å². The van der Waals surface area contributed by atoms with Gasteiger partial charge in [-0.25, -0.2) is 0 Å². The minimum atomic E-state index is -0.370. The molecule has 45 heavy (non-hydrogen) atoms. The summed E-state index contributed by atoms with van der Waals surface area (Å²) in [5, 5.41) is 10.0. The Bertz CT molecular complexity index is 1290. The number of phenolic OH excluding ortho intramolecular Hbond substituents is 1. The number of methoxy groups -OCH3 is 1. The van der Waals surface area contributed by atoms with Crippen LogP contribution in [0.3, 0.4) is 0 Å². The van der Waals surface area contributed by atoms with Gasteiger partial charge in [0.15, 0.2) is 11.5 Å². The molecule has 3 heteroatoms. The molecule has 0 spiro atoms. The van der Waals surface area contributed by atoms with E-state index < -0.39 is 0 Å². The van der Waals surface area contributed by atoms with E-state index in [0.29, 0.717) is 5.75 Å². The smallest absolute Gasteiger partial charge is 0.164 e. The predicted octanol–water partition coefficient (Wildman–Crippen LogP) is 12.9. The number of ether oxygens (including phenoxy) is 2. The summed E-state index contributed by atoms with van der Waals surface area (Å²) in [6.45, 7) is 17.8. The first-order valence-electron chi connectivity index (χ1n) is 17.1. The Hall–Kier alpha value is -3.20. The highest BCUT2D eigenvalue weighted by molar-refractivity contribution is 5.65. The highest BCUT2D eigenvalue weighted by Gasteiger charge is 2.27. The van der Waals surface area contributed by atoms with E-state index in [9.17, 15) is 5.11 Å². The molecule has 1 heterocycles. The van der Waals surface area contributed by atoms with Crippen LogP contribution in [0.2, 0.25) is 0 Å². The van der Waals surface area contributed by atoms with E-state index in [1.54, 1.807) is 19.2 Å². The molecule has 0 amide bonds. The number of benzene rings is 1. The second kappa shape index (κ2) is 20.0. The third-order valence-corrected chi connectivity index (χ3v) is 8.62. The lowest BCUT2D eigenvalue weighted by Gasteiger charge is -2.31. The molecule has 0 bridgehead atoms. The number of fused-ring (bicyclic) bond motifs is 1. The lowest BCUT2D eigenvalue weighted by atomic mass is 9.94. The quantitative estimate of drug-likeness (QED) is 0.158. The van der Waals surface area contributed by atoms with Crippen molar-refractivity contribution in [2.45, 2.75) is 138 Å². The Balaban J connectivity index is 1.64. The SMILES string of the molecule is COc1cc2c(cc1O)C=C[C@@](C)(CC/C=C(\C)CC/C=C(\C)CC/C=C(\C)CC/C=C(\C)CC/C=C(\C)CCC=C(C)C)O2. The van der Waals surface area contributed by atoms with Crippen LogP contribution in [0.25, 0.3) is 6.08 Å². The van der Waals surface area contributed by atoms with Gasteiger partial charge < -0.3 is 14.6 Å². The maximum absolute atomic E-state index is 10.0. The van der Waals surface area contributed by atoms with Crippen molar-refractivity contribution in [1.82, 2.24) is 0 Å². The Kier molecular flexibility index (Phi) is 16.9. The summed E-state index contributed by atoms with van der Waals surface area (Å²) in [4.78, 5) is 0. The largest absolute Gasteiger partial charge is 0.504 e. The molecule has 1 aromatic carbocycles. The summed E-state index contributed by atoms with van der Waals surface area (Å²) >= 11 is 0. The molecule has 1 N–H and O–H groups in total. The van der Waals surface area contributed by atoms with Gasteiger partial charge in [-0.2, -0.15) is 0 Å². The van der Waals surface area contributed by atoms with Crippen molar-refractivity contribution < 1.29 is 14.6 Å². The first-order chi connectivity index (χ1) is 21.4. The van der Waals surface area contributed by atoms with Crippen molar-refractivity contribution in [3.8, 4) is 17.2 Å². The Morgan fingerprint density at radius 3 is 1.51 bits per heavy atom. The molecule has 0 aromatic heterocycles. The van der Waals surface area contributed by atoms with Gasteiger partial charge >= 0.3 is 0 Å². The molecule has 0 saturated carbocycles. The summed E-state index contributed by atoms with van der Waals surface area (Å²) < 4.78 is 11.6. The molecule has 0 aliphatic carbocycles. The Morgan fingerprint density at radius 1 is 0.667 bits per heavy atom. The van der Waals surface area contributed by atoms with Crippen molar-refractivity contribution in [2.24, 2.45) is 0 Å².